The summed E-state index contributed by atoms with van der Waals surface area (Å²) in [6, 6.07) is 2.13. The molecule has 1 saturated heterocycles. The Kier molecular flexibility index (Phi) is 4.83. The van der Waals surface area contributed by atoms with Gasteiger partial charge in [-0.25, -0.2) is 4.79 Å². The van der Waals surface area contributed by atoms with E-state index in [1.807, 2.05) is 17.9 Å². The average molecular weight is 307 g/mol. The predicted octanol–water partition coefficient (Wildman–Crippen LogP) is 3.41. The molecule has 1 aliphatic rings. The highest BCUT2D eigenvalue weighted by Gasteiger charge is 2.28. The van der Waals surface area contributed by atoms with Crippen molar-refractivity contribution in [3.63, 3.8) is 0 Å². The lowest BCUT2D eigenvalue weighted by atomic mass is 9.95. The molecule has 0 aliphatic carbocycles. The number of piperidine rings is 1. The number of hydrogen-bond donors (Lipinski definition) is 1. The van der Waals surface area contributed by atoms with E-state index in [-0.39, 0.29) is 11.9 Å². The van der Waals surface area contributed by atoms with Crippen molar-refractivity contribution >= 4 is 29.3 Å². The van der Waals surface area contributed by atoms with Crippen LogP contribution in [0.2, 0.25) is 0 Å². The van der Waals surface area contributed by atoms with Gasteiger partial charge in [0.25, 0.3) is 5.91 Å². The van der Waals surface area contributed by atoms with Crippen LogP contribution in [0.5, 0.6) is 0 Å². The van der Waals surface area contributed by atoms with Gasteiger partial charge in [0.1, 0.15) is 0 Å². The van der Waals surface area contributed by atoms with E-state index in [9.17, 15) is 9.59 Å². The van der Waals surface area contributed by atoms with E-state index in [1.54, 1.807) is 6.08 Å². The van der Waals surface area contributed by atoms with Gasteiger partial charge in [0, 0.05) is 23.5 Å². The van der Waals surface area contributed by atoms with Crippen molar-refractivity contribution in [2.24, 2.45) is 5.92 Å². The Morgan fingerprint density at radius 3 is 2.76 bits per heavy atom. The maximum Gasteiger partial charge on any atom is 0.328 e. The highest BCUT2D eigenvalue weighted by molar-refractivity contribution is 7.15. The van der Waals surface area contributed by atoms with Gasteiger partial charge in [0.05, 0.1) is 4.88 Å². The Morgan fingerprint density at radius 1 is 1.38 bits per heavy atom. The monoisotopic (exact) mass is 307 g/mol. The summed E-state index contributed by atoms with van der Waals surface area (Å²) < 4.78 is 0. The molecule has 0 bridgehead atoms. The molecule has 1 aliphatic heterocycles. The summed E-state index contributed by atoms with van der Waals surface area (Å²) in [5.74, 6) is -0.371. The van der Waals surface area contributed by atoms with Crippen molar-refractivity contribution < 1.29 is 14.7 Å². The standard InChI is InChI=1S/C16H21NO3S/c1-10-4-5-12(3)17(9-10)16(20)14-8-11(2)13(21-14)6-7-15(18)19/h6-8,10,12H,4-5,9H2,1-3H3,(H,18,19)/b7-6+. The Balaban J connectivity index is 2.19. The van der Waals surface area contributed by atoms with Crippen LogP contribution < -0.4 is 0 Å². The van der Waals surface area contributed by atoms with Crippen LogP contribution in [0.1, 0.15) is 46.8 Å². The number of hydrogen-bond acceptors (Lipinski definition) is 3. The lowest BCUT2D eigenvalue weighted by Crippen LogP contribution is -2.44. The molecule has 1 amide bonds. The van der Waals surface area contributed by atoms with Crippen molar-refractivity contribution in [2.75, 3.05) is 6.54 Å². The van der Waals surface area contributed by atoms with E-state index in [1.165, 1.54) is 17.8 Å². The van der Waals surface area contributed by atoms with Crippen molar-refractivity contribution in [1.82, 2.24) is 4.90 Å². The molecule has 114 valence electrons. The molecule has 0 radical (unpaired) electrons. The molecule has 5 heteroatoms. The number of thiophene rings is 1. The van der Waals surface area contributed by atoms with Crippen LogP contribution in [0.15, 0.2) is 12.1 Å². The SMILES string of the molecule is Cc1cc(C(=O)N2CC(C)CCC2C)sc1/C=C/C(=O)O. The van der Waals surface area contributed by atoms with Gasteiger partial charge < -0.3 is 10.0 Å². The summed E-state index contributed by atoms with van der Waals surface area (Å²) in [5.41, 5.74) is 0.943. The molecule has 1 aromatic rings. The Hall–Kier alpha value is -1.62. The summed E-state index contributed by atoms with van der Waals surface area (Å²) in [7, 11) is 0. The molecule has 21 heavy (non-hydrogen) atoms. The number of amides is 1. The normalized spacial score (nSPS) is 22.7. The van der Waals surface area contributed by atoms with Gasteiger partial charge in [-0.2, -0.15) is 0 Å². The van der Waals surface area contributed by atoms with Gasteiger partial charge in [0.2, 0.25) is 0 Å². The molecule has 0 aromatic carbocycles. The van der Waals surface area contributed by atoms with Crippen molar-refractivity contribution in [1.29, 1.82) is 0 Å². The molecule has 2 rings (SSSR count). The second kappa shape index (κ2) is 6.43. The minimum atomic E-state index is -0.978. The van der Waals surface area contributed by atoms with Gasteiger partial charge in [-0.1, -0.05) is 6.92 Å². The summed E-state index contributed by atoms with van der Waals surface area (Å²) in [6.07, 6.45) is 4.88. The molecule has 4 nitrogen and oxygen atoms in total. The lowest BCUT2D eigenvalue weighted by molar-refractivity contribution is -0.131. The second-order valence-electron chi connectivity index (χ2n) is 5.82. The maximum atomic E-state index is 12.7. The maximum absolute atomic E-state index is 12.7. The molecule has 2 heterocycles. The van der Waals surface area contributed by atoms with Crippen molar-refractivity contribution in [2.45, 2.75) is 39.7 Å². The first-order valence-corrected chi connectivity index (χ1v) is 8.02. The first kappa shape index (κ1) is 15.8. The fourth-order valence-electron chi connectivity index (χ4n) is 2.63. The van der Waals surface area contributed by atoms with Crippen LogP contribution in [0.3, 0.4) is 0 Å². The highest BCUT2D eigenvalue weighted by Crippen LogP contribution is 2.28. The minimum absolute atomic E-state index is 0.0668. The molecule has 2 atom stereocenters. The fourth-order valence-corrected chi connectivity index (χ4v) is 3.66. The van der Waals surface area contributed by atoms with Gasteiger partial charge >= 0.3 is 5.97 Å². The smallest absolute Gasteiger partial charge is 0.328 e. The molecular weight excluding hydrogens is 286 g/mol. The number of rotatable bonds is 3. The third-order valence-corrected chi connectivity index (χ3v) is 5.11. The second-order valence-corrected chi connectivity index (χ2v) is 6.90. The first-order chi connectivity index (χ1) is 9.88. The summed E-state index contributed by atoms with van der Waals surface area (Å²) >= 11 is 1.37. The molecule has 0 saturated carbocycles. The van der Waals surface area contributed by atoms with E-state index in [0.29, 0.717) is 10.8 Å². The van der Waals surface area contributed by atoms with Crippen molar-refractivity contribution in [3.8, 4) is 0 Å². The third kappa shape index (κ3) is 3.73. The van der Waals surface area contributed by atoms with E-state index in [2.05, 4.69) is 13.8 Å². The van der Waals surface area contributed by atoms with E-state index >= 15 is 0 Å². The van der Waals surface area contributed by atoms with Crippen LogP contribution in [0.4, 0.5) is 0 Å². The fraction of sp³-hybridized carbons (Fsp3) is 0.500. The van der Waals surface area contributed by atoms with Gasteiger partial charge in [-0.05, 0) is 50.3 Å². The Morgan fingerprint density at radius 2 is 2.10 bits per heavy atom. The molecule has 2 unspecified atom stereocenters. The van der Waals surface area contributed by atoms with Gasteiger partial charge in [-0.15, -0.1) is 11.3 Å². The van der Waals surface area contributed by atoms with Crippen molar-refractivity contribution in [3.05, 3.63) is 27.5 Å². The highest BCUT2D eigenvalue weighted by atomic mass is 32.1. The summed E-state index contributed by atoms with van der Waals surface area (Å²) in [5, 5.41) is 8.69. The predicted molar refractivity (Wildman–Crippen MR) is 84.6 cm³/mol. The number of carboxylic acid groups (broad SMARTS) is 1. The number of carboxylic acids is 1. The van der Waals surface area contributed by atoms with Crippen LogP contribution in [-0.4, -0.2) is 34.5 Å². The van der Waals surface area contributed by atoms with E-state index < -0.39 is 5.97 Å². The largest absolute Gasteiger partial charge is 0.478 e. The molecular formula is C16H21NO3S. The topological polar surface area (TPSA) is 57.6 Å². The molecule has 1 N–H and O–H groups in total. The zero-order chi connectivity index (χ0) is 15.6. The molecule has 1 fully saturated rings. The average Bonchev–Trinajstić information content (AvgIpc) is 2.79. The Labute approximate surface area is 129 Å². The third-order valence-electron chi connectivity index (χ3n) is 3.92. The number of nitrogens with zero attached hydrogens (tertiary/aromatic N) is 1. The first-order valence-electron chi connectivity index (χ1n) is 7.21. The van der Waals surface area contributed by atoms with Crippen LogP contribution >= 0.6 is 11.3 Å². The quantitative estimate of drug-likeness (QED) is 0.871. The zero-order valence-corrected chi connectivity index (χ0v) is 13.4. The Bertz CT molecular complexity index is 576. The van der Waals surface area contributed by atoms with Crippen LogP contribution in [0.25, 0.3) is 6.08 Å². The van der Waals surface area contributed by atoms with E-state index in [0.717, 1.165) is 29.5 Å². The van der Waals surface area contributed by atoms with Gasteiger partial charge in [-0.3, -0.25) is 4.79 Å². The van der Waals surface area contributed by atoms with Crippen LogP contribution in [-0.2, 0) is 4.79 Å². The molecule has 0 spiro atoms. The number of aliphatic carboxylic acids is 1. The van der Waals surface area contributed by atoms with Gasteiger partial charge in [0.15, 0.2) is 0 Å². The lowest BCUT2D eigenvalue weighted by Gasteiger charge is -2.36. The number of carbonyl (C=O) groups excluding carboxylic acids is 1. The zero-order valence-electron chi connectivity index (χ0n) is 12.6. The molecule has 1 aromatic heterocycles. The summed E-state index contributed by atoms with van der Waals surface area (Å²) in [4.78, 5) is 26.7. The van der Waals surface area contributed by atoms with Crippen LogP contribution in [0, 0.1) is 12.8 Å². The number of aryl methyl sites for hydroxylation is 1. The minimum Gasteiger partial charge on any atom is -0.478 e. The van der Waals surface area contributed by atoms with E-state index in [4.69, 9.17) is 5.11 Å². The number of likely N-dealkylation sites (tertiary alicyclic amines) is 1. The number of carbonyl (C=O) groups is 2. The summed E-state index contributed by atoms with van der Waals surface area (Å²) in [6.45, 7) is 6.97.